The van der Waals surface area contributed by atoms with Crippen LogP contribution in [0.5, 0.6) is 0 Å². The zero-order chi connectivity index (χ0) is 70.8. The number of ether oxygens (including phenoxy) is 4. The maximum Gasteiger partial charge on any atom is 0.220 e. The number of carbonyl (C=O) groups is 1. The number of allylic oxidation sites excluding steroid dienone is 7. The van der Waals surface area contributed by atoms with Crippen molar-refractivity contribution in [2.75, 3.05) is 19.8 Å². The minimum Gasteiger partial charge on any atom is -0.394 e. The third-order valence-corrected chi connectivity index (χ3v) is 20.5. The Bertz CT molecular complexity index is 1830. The summed E-state index contributed by atoms with van der Waals surface area (Å²) >= 11 is 0. The average molecular weight is 1390 g/mol. The summed E-state index contributed by atoms with van der Waals surface area (Å²) in [6, 6.07) is -0.939. The molecule has 0 aliphatic carbocycles. The van der Waals surface area contributed by atoms with E-state index in [1.165, 1.54) is 308 Å². The highest BCUT2D eigenvalue weighted by Gasteiger charge is 2.51. The molecule has 2 saturated heterocycles. The number of carbonyl (C=O) groups excluding carboxylic acids is 1. The van der Waals surface area contributed by atoms with Gasteiger partial charge in [-0.3, -0.25) is 4.79 Å². The van der Waals surface area contributed by atoms with Gasteiger partial charge in [-0.15, -0.1) is 0 Å². The van der Waals surface area contributed by atoms with Gasteiger partial charge in [0.05, 0.1) is 32.0 Å². The molecule has 0 aromatic heterocycles. The van der Waals surface area contributed by atoms with Gasteiger partial charge < -0.3 is 65.1 Å². The van der Waals surface area contributed by atoms with E-state index in [0.717, 1.165) is 44.9 Å². The summed E-state index contributed by atoms with van der Waals surface area (Å²) in [6.07, 6.45) is 75.1. The highest BCUT2D eigenvalue weighted by molar-refractivity contribution is 5.76. The molecule has 2 aliphatic rings. The molecule has 1 amide bonds. The average Bonchev–Trinajstić information content (AvgIpc) is 0.793. The molecule has 2 heterocycles. The summed E-state index contributed by atoms with van der Waals surface area (Å²) in [7, 11) is 0. The van der Waals surface area contributed by atoms with Crippen LogP contribution in [-0.4, -0.2) is 140 Å². The Hall–Kier alpha value is -2.05. The molecule has 576 valence electrons. The second-order valence-electron chi connectivity index (χ2n) is 29.6. The van der Waals surface area contributed by atoms with E-state index in [1.54, 1.807) is 6.08 Å². The van der Waals surface area contributed by atoms with Crippen LogP contribution in [-0.2, 0) is 23.7 Å². The van der Waals surface area contributed by atoms with E-state index >= 15 is 0 Å². The Morgan fingerprint density at radius 2 is 0.653 bits per heavy atom. The van der Waals surface area contributed by atoms with Crippen molar-refractivity contribution in [3.8, 4) is 0 Å². The number of nitrogens with one attached hydrogen (secondary N) is 1. The van der Waals surface area contributed by atoms with Crippen LogP contribution in [0.15, 0.2) is 48.6 Å². The van der Waals surface area contributed by atoms with Gasteiger partial charge in [-0.1, -0.05) is 358 Å². The first-order valence-corrected chi connectivity index (χ1v) is 41.9. The third kappa shape index (κ3) is 50.4. The molecule has 14 nitrogen and oxygen atoms in total. The first kappa shape index (κ1) is 92.0. The zero-order valence-electron chi connectivity index (χ0n) is 63.3. The summed E-state index contributed by atoms with van der Waals surface area (Å²) in [5.41, 5.74) is 0. The van der Waals surface area contributed by atoms with Gasteiger partial charge in [0.15, 0.2) is 12.6 Å². The van der Waals surface area contributed by atoms with Gasteiger partial charge in [0.25, 0.3) is 0 Å². The summed E-state index contributed by atoms with van der Waals surface area (Å²) in [5, 5.41) is 87.6. The summed E-state index contributed by atoms with van der Waals surface area (Å²) < 4.78 is 22.9. The van der Waals surface area contributed by atoms with Crippen molar-refractivity contribution in [3.63, 3.8) is 0 Å². The minimum atomic E-state index is -1.79. The van der Waals surface area contributed by atoms with Crippen molar-refractivity contribution < 1.29 is 64.6 Å². The highest BCUT2D eigenvalue weighted by atomic mass is 16.7. The van der Waals surface area contributed by atoms with E-state index < -0.39 is 86.8 Å². The molecule has 0 spiro atoms. The predicted molar refractivity (Wildman–Crippen MR) is 406 cm³/mol. The quantitative estimate of drug-likeness (QED) is 0.0204. The van der Waals surface area contributed by atoms with Gasteiger partial charge in [0, 0.05) is 6.42 Å². The third-order valence-electron chi connectivity index (χ3n) is 20.5. The second-order valence-corrected chi connectivity index (χ2v) is 29.6. The van der Waals surface area contributed by atoms with Crippen molar-refractivity contribution >= 4 is 5.91 Å². The number of aliphatic hydroxyl groups excluding tert-OH is 8. The van der Waals surface area contributed by atoms with E-state index in [-0.39, 0.29) is 18.9 Å². The maximum atomic E-state index is 13.4. The first-order valence-electron chi connectivity index (χ1n) is 41.9. The molecule has 12 unspecified atom stereocenters. The van der Waals surface area contributed by atoms with Crippen LogP contribution in [0.4, 0.5) is 0 Å². The SMILES string of the molecule is CCCCCCCCCC/C=C\CCCCCCCCCCCCCCCCCCCCCCCCCCCCCCCC(=O)NC(COC1OC(CO)C(OC2OC(CO)C(O)C(O)C2O)C(O)C1O)C(O)/C=C/CC/C=C/CC/C=C/CCCCCCCCCCCCCCC. The van der Waals surface area contributed by atoms with E-state index in [2.05, 4.69) is 55.6 Å². The number of aliphatic hydroxyl groups is 8. The summed E-state index contributed by atoms with van der Waals surface area (Å²) in [5.74, 6) is -0.246. The van der Waals surface area contributed by atoms with Crippen LogP contribution in [0.3, 0.4) is 0 Å². The van der Waals surface area contributed by atoms with Gasteiger partial charge in [0.1, 0.15) is 48.8 Å². The highest BCUT2D eigenvalue weighted by Crippen LogP contribution is 2.30. The molecule has 9 N–H and O–H groups in total. The monoisotopic (exact) mass is 1390 g/mol. The predicted octanol–water partition coefficient (Wildman–Crippen LogP) is 19.4. The Balaban J connectivity index is 1.57. The lowest BCUT2D eigenvalue weighted by atomic mass is 9.97. The topological polar surface area (TPSA) is 228 Å². The molecule has 0 aromatic rings. The van der Waals surface area contributed by atoms with Crippen LogP contribution < -0.4 is 5.32 Å². The normalized spacial score (nSPS) is 22.2. The zero-order valence-corrected chi connectivity index (χ0v) is 63.3. The maximum absolute atomic E-state index is 13.4. The fourth-order valence-corrected chi connectivity index (χ4v) is 13.9. The summed E-state index contributed by atoms with van der Waals surface area (Å²) in [4.78, 5) is 13.4. The van der Waals surface area contributed by atoms with E-state index in [4.69, 9.17) is 18.9 Å². The van der Waals surface area contributed by atoms with E-state index in [9.17, 15) is 45.6 Å². The molecular weight excluding hydrogens is 1230 g/mol. The molecule has 0 aromatic carbocycles. The van der Waals surface area contributed by atoms with Crippen molar-refractivity contribution in [2.24, 2.45) is 0 Å². The number of hydrogen-bond donors (Lipinski definition) is 9. The van der Waals surface area contributed by atoms with Crippen molar-refractivity contribution in [2.45, 2.75) is 460 Å². The van der Waals surface area contributed by atoms with Gasteiger partial charge >= 0.3 is 0 Å². The molecule has 98 heavy (non-hydrogen) atoms. The Kier molecular flexibility index (Phi) is 63.9. The lowest BCUT2D eigenvalue weighted by molar-refractivity contribution is -0.359. The lowest BCUT2D eigenvalue weighted by Gasteiger charge is -2.46. The van der Waals surface area contributed by atoms with Gasteiger partial charge in [-0.25, -0.2) is 0 Å². The standard InChI is InChI=1S/C84H157NO13/c1-3-5-7-9-11-13-15-17-19-21-23-25-27-28-29-30-31-32-33-34-35-36-37-38-39-40-41-42-43-44-46-48-50-52-54-56-58-60-62-64-66-68-76(89)85-72(71-95-83-81(94)79(92)82(75(70-87)97-83)98-84-80(93)78(91)77(90)74(69-86)96-84)73(88)67-65-63-61-59-57-55-53-51-49-47-45-26-24-22-20-18-16-14-12-10-8-6-4-2/h21,23,49,51,57,59,65,67,72-75,77-84,86-88,90-94H,3-20,22,24-48,50,52-56,58,60-64,66,68-71H2,1-2H3,(H,85,89)/b23-21-,51-49+,59-57+,67-65+. The van der Waals surface area contributed by atoms with Gasteiger partial charge in [-0.05, 0) is 70.6 Å². The van der Waals surface area contributed by atoms with Crippen LogP contribution >= 0.6 is 0 Å². The lowest BCUT2D eigenvalue weighted by Crippen LogP contribution is -2.65. The summed E-state index contributed by atoms with van der Waals surface area (Å²) in [6.45, 7) is 2.83. The number of amides is 1. The van der Waals surface area contributed by atoms with Crippen LogP contribution in [0.2, 0.25) is 0 Å². The van der Waals surface area contributed by atoms with E-state index in [1.807, 2.05) is 6.08 Å². The largest absolute Gasteiger partial charge is 0.394 e. The Morgan fingerprint density at radius 3 is 1.00 bits per heavy atom. The number of unbranched alkanes of at least 4 members (excludes halogenated alkanes) is 52. The molecule has 0 bridgehead atoms. The van der Waals surface area contributed by atoms with E-state index in [0.29, 0.717) is 12.8 Å². The minimum absolute atomic E-state index is 0.246. The Labute approximate surface area is 601 Å². The number of rotatable bonds is 71. The molecular formula is C84H157NO13. The van der Waals surface area contributed by atoms with Crippen molar-refractivity contribution in [1.29, 1.82) is 0 Å². The number of hydrogen-bond acceptors (Lipinski definition) is 13. The molecule has 2 aliphatic heterocycles. The van der Waals surface area contributed by atoms with Gasteiger partial charge in [-0.2, -0.15) is 0 Å². The molecule has 2 fully saturated rings. The molecule has 2 rings (SSSR count). The van der Waals surface area contributed by atoms with Crippen molar-refractivity contribution in [1.82, 2.24) is 5.32 Å². The van der Waals surface area contributed by atoms with Gasteiger partial charge in [0.2, 0.25) is 5.91 Å². The molecule has 0 saturated carbocycles. The van der Waals surface area contributed by atoms with Crippen LogP contribution in [0.1, 0.15) is 386 Å². The molecule has 0 radical (unpaired) electrons. The molecule has 12 atom stereocenters. The fraction of sp³-hybridized carbons (Fsp3) is 0.893. The smallest absolute Gasteiger partial charge is 0.220 e. The fourth-order valence-electron chi connectivity index (χ4n) is 13.9. The second kappa shape index (κ2) is 68.1. The Morgan fingerprint density at radius 1 is 0.357 bits per heavy atom. The van der Waals surface area contributed by atoms with Crippen LogP contribution in [0, 0.1) is 0 Å². The molecule has 14 heteroatoms. The van der Waals surface area contributed by atoms with Crippen LogP contribution in [0.25, 0.3) is 0 Å². The van der Waals surface area contributed by atoms with Crippen molar-refractivity contribution in [3.05, 3.63) is 48.6 Å². The first-order chi connectivity index (χ1) is 48.1.